The van der Waals surface area contributed by atoms with Crippen LogP contribution in [0.3, 0.4) is 0 Å². The predicted molar refractivity (Wildman–Crippen MR) is 67.7 cm³/mol. The van der Waals surface area contributed by atoms with Crippen LogP contribution < -0.4 is 0 Å². The second-order valence-electron chi connectivity index (χ2n) is 3.66. The minimum atomic E-state index is -1.13. The van der Waals surface area contributed by atoms with E-state index >= 15 is 0 Å². The molecule has 0 aromatic heterocycles. The molecule has 0 aliphatic rings. The molecule has 4 nitrogen and oxygen atoms in total. The van der Waals surface area contributed by atoms with Crippen molar-refractivity contribution in [3.8, 4) is 0 Å². The summed E-state index contributed by atoms with van der Waals surface area (Å²) in [4.78, 5) is 33.9. The molecule has 0 aromatic carbocycles. The van der Waals surface area contributed by atoms with Crippen LogP contribution in [0.2, 0.25) is 0 Å². The van der Waals surface area contributed by atoms with Crippen molar-refractivity contribution in [3.63, 3.8) is 0 Å². The van der Waals surface area contributed by atoms with Crippen LogP contribution in [0.5, 0.6) is 0 Å². The van der Waals surface area contributed by atoms with Gasteiger partial charge in [-0.05, 0) is 26.3 Å². The summed E-state index contributed by atoms with van der Waals surface area (Å²) >= 11 is 0.890. The molecular weight excluding hydrogens is 240 g/mol. The Morgan fingerprint density at radius 1 is 1.35 bits per heavy atom. The minimum absolute atomic E-state index is 0.115. The number of esters is 1. The van der Waals surface area contributed by atoms with E-state index in [1.54, 1.807) is 27.7 Å². The third-order valence-corrected chi connectivity index (χ3v) is 3.21. The highest BCUT2D eigenvalue weighted by molar-refractivity contribution is 8.15. The first-order chi connectivity index (χ1) is 7.89. The summed E-state index contributed by atoms with van der Waals surface area (Å²) in [5, 5.41) is -0.115. The van der Waals surface area contributed by atoms with Crippen molar-refractivity contribution < 1.29 is 19.1 Å². The smallest absolute Gasteiger partial charge is 0.326 e. The van der Waals surface area contributed by atoms with E-state index in [4.69, 9.17) is 4.74 Å². The maximum absolute atomic E-state index is 11.8. The lowest BCUT2D eigenvalue weighted by molar-refractivity contribution is -0.144. The Bertz CT molecular complexity index is 335. The molecule has 0 spiro atoms. The van der Waals surface area contributed by atoms with Crippen LogP contribution in [0.25, 0.3) is 0 Å². The number of hydrogen-bond donors (Lipinski definition) is 0. The maximum Gasteiger partial charge on any atom is 0.326 e. The van der Waals surface area contributed by atoms with Crippen LogP contribution in [0.4, 0.5) is 0 Å². The fourth-order valence-corrected chi connectivity index (χ4v) is 2.19. The zero-order valence-electron chi connectivity index (χ0n) is 10.6. The fourth-order valence-electron chi connectivity index (χ4n) is 1.18. The third kappa shape index (κ3) is 5.17. The van der Waals surface area contributed by atoms with E-state index in [-0.39, 0.29) is 11.7 Å². The van der Waals surface area contributed by atoms with E-state index < -0.39 is 10.7 Å². The Labute approximate surface area is 106 Å². The van der Waals surface area contributed by atoms with E-state index in [0.717, 1.165) is 11.8 Å². The first-order valence-electron chi connectivity index (χ1n) is 5.43. The summed E-state index contributed by atoms with van der Waals surface area (Å²) in [6.45, 7) is 6.82. The van der Waals surface area contributed by atoms with E-state index in [1.165, 1.54) is 6.08 Å². The lowest BCUT2D eigenvalue weighted by Gasteiger charge is -2.22. The zero-order valence-corrected chi connectivity index (χ0v) is 11.4. The molecule has 17 heavy (non-hydrogen) atoms. The minimum Gasteiger partial charge on any atom is -0.465 e. The van der Waals surface area contributed by atoms with Crippen molar-refractivity contribution in [2.75, 3.05) is 6.61 Å². The van der Waals surface area contributed by atoms with Gasteiger partial charge in [-0.3, -0.25) is 14.4 Å². The number of rotatable bonds is 6. The molecule has 0 bridgehead atoms. The molecule has 0 amide bonds. The SMILES string of the molecule is CCOC(=O)[C@@](C)(/C=C(\C)C=O)SC(=O)CC. The second-order valence-corrected chi connectivity index (χ2v) is 5.17. The van der Waals surface area contributed by atoms with Gasteiger partial charge in [-0.25, -0.2) is 0 Å². The molecule has 0 unspecified atom stereocenters. The Morgan fingerprint density at radius 2 is 1.94 bits per heavy atom. The Kier molecular flexibility index (Phi) is 6.80. The van der Waals surface area contributed by atoms with Gasteiger partial charge in [0.05, 0.1) is 6.61 Å². The average molecular weight is 258 g/mol. The van der Waals surface area contributed by atoms with Crippen molar-refractivity contribution in [1.82, 2.24) is 0 Å². The summed E-state index contributed by atoms with van der Waals surface area (Å²) in [5.41, 5.74) is 0.400. The number of hydrogen-bond acceptors (Lipinski definition) is 5. The Hall–Kier alpha value is -1.10. The summed E-state index contributed by atoms with van der Waals surface area (Å²) < 4.78 is 3.79. The topological polar surface area (TPSA) is 60.4 Å². The van der Waals surface area contributed by atoms with Crippen LogP contribution >= 0.6 is 11.8 Å². The maximum atomic E-state index is 11.8. The third-order valence-electron chi connectivity index (χ3n) is 1.98. The fraction of sp³-hybridized carbons (Fsp3) is 0.583. The van der Waals surface area contributed by atoms with Crippen LogP contribution in [0.15, 0.2) is 11.6 Å². The number of carbonyl (C=O) groups is 3. The van der Waals surface area contributed by atoms with Gasteiger partial charge in [-0.15, -0.1) is 0 Å². The van der Waals surface area contributed by atoms with Crippen LogP contribution in [0.1, 0.15) is 34.1 Å². The van der Waals surface area contributed by atoms with Crippen molar-refractivity contribution in [1.29, 1.82) is 0 Å². The highest BCUT2D eigenvalue weighted by atomic mass is 32.2. The van der Waals surface area contributed by atoms with Crippen molar-refractivity contribution in [2.45, 2.75) is 38.9 Å². The Morgan fingerprint density at radius 3 is 2.35 bits per heavy atom. The average Bonchev–Trinajstić information content (AvgIpc) is 2.28. The summed E-state index contributed by atoms with van der Waals surface area (Å²) in [7, 11) is 0. The van der Waals surface area contributed by atoms with Crippen molar-refractivity contribution in [3.05, 3.63) is 11.6 Å². The van der Waals surface area contributed by atoms with Gasteiger partial charge in [-0.2, -0.15) is 0 Å². The van der Waals surface area contributed by atoms with Gasteiger partial charge in [0, 0.05) is 6.42 Å². The van der Waals surface area contributed by atoms with Gasteiger partial charge >= 0.3 is 5.97 Å². The highest BCUT2D eigenvalue weighted by Gasteiger charge is 2.35. The molecule has 0 aliphatic carbocycles. The standard InChI is InChI=1S/C12H18O4S/c1-5-10(14)17-12(4,7-9(3)8-13)11(15)16-6-2/h7-8H,5-6H2,1-4H3/b9-7+/t12-/m1/s1. The van der Waals surface area contributed by atoms with Crippen LogP contribution in [0, 0.1) is 0 Å². The molecule has 0 saturated carbocycles. The lowest BCUT2D eigenvalue weighted by atomic mass is 10.1. The summed E-state index contributed by atoms with van der Waals surface area (Å²) in [5.74, 6) is -0.506. The molecule has 0 fully saturated rings. The Balaban J connectivity index is 5.12. The zero-order chi connectivity index (χ0) is 13.5. The monoisotopic (exact) mass is 258 g/mol. The highest BCUT2D eigenvalue weighted by Crippen LogP contribution is 2.30. The molecule has 5 heteroatoms. The lowest BCUT2D eigenvalue weighted by Crippen LogP contribution is -2.33. The first-order valence-corrected chi connectivity index (χ1v) is 6.25. The summed E-state index contributed by atoms with van der Waals surface area (Å²) in [6, 6.07) is 0. The quantitative estimate of drug-likeness (QED) is 0.415. The van der Waals surface area contributed by atoms with Gasteiger partial charge in [0.2, 0.25) is 0 Å². The molecule has 0 aromatic rings. The summed E-state index contributed by atoms with van der Waals surface area (Å²) in [6.07, 6.45) is 2.44. The largest absolute Gasteiger partial charge is 0.465 e. The predicted octanol–water partition coefficient (Wildman–Crippen LogP) is 2.12. The van der Waals surface area contributed by atoms with Crippen LogP contribution in [-0.2, 0) is 19.1 Å². The van der Waals surface area contributed by atoms with Gasteiger partial charge < -0.3 is 4.74 Å². The van der Waals surface area contributed by atoms with Crippen molar-refractivity contribution in [2.24, 2.45) is 0 Å². The molecular formula is C12H18O4S. The molecule has 0 radical (unpaired) electrons. The molecule has 1 atom stereocenters. The number of allylic oxidation sites excluding steroid dienone is 1. The molecule has 0 rings (SSSR count). The van der Waals surface area contributed by atoms with Crippen molar-refractivity contribution >= 4 is 29.1 Å². The normalized spacial score (nSPS) is 14.9. The van der Waals surface area contributed by atoms with Gasteiger partial charge in [0.15, 0.2) is 5.12 Å². The van der Waals surface area contributed by atoms with Crippen LogP contribution in [-0.4, -0.2) is 28.7 Å². The van der Waals surface area contributed by atoms with E-state index in [1.807, 2.05) is 0 Å². The van der Waals surface area contributed by atoms with E-state index in [0.29, 0.717) is 18.3 Å². The molecule has 0 heterocycles. The first kappa shape index (κ1) is 15.9. The number of thioether (sulfide) groups is 1. The number of ether oxygens (including phenoxy) is 1. The van der Waals surface area contributed by atoms with E-state index in [2.05, 4.69) is 0 Å². The molecule has 0 saturated heterocycles. The second kappa shape index (κ2) is 7.27. The van der Waals surface area contributed by atoms with Gasteiger partial charge in [0.25, 0.3) is 0 Å². The van der Waals surface area contributed by atoms with Gasteiger partial charge in [0.1, 0.15) is 11.0 Å². The number of carbonyl (C=O) groups excluding carboxylic acids is 3. The molecule has 96 valence electrons. The molecule has 0 N–H and O–H groups in total. The number of aldehydes is 1. The molecule has 0 aliphatic heterocycles. The van der Waals surface area contributed by atoms with Gasteiger partial charge in [-0.1, -0.05) is 24.8 Å². The van der Waals surface area contributed by atoms with E-state index in [9.17, 15) is 14.4 Å².